The van der Waals surface area contributed by atoms with Crippen LogP contribution >= 0.6 is 11.8 Å². The highest BCUT2D eigenvalue weighted by molar-refractivity contribution is 7.99. The Hall–Kier alpha value is -4.34. The number of nitrogen functional groups attached to an aromatic ring is 1. The molecule has 35 heavy (non-hydrogen) atoms. The highest BCUT2D eigenvalue weighted by Crippen LogP contribution is 2.36. The number of hydrogen-bond donors (Lipinski definition) is 3. The minimum atomic E-state index is -1.08. The van der Waals surface area contributed by atoms with Gasteiger partial charge in [-0.25, -0.2) is 9.78 Å². The first-order chi connectivity index (χ1) is 16.7. The van der Waals surface area contributed by atoms with E-state index in [4.69, 9.17) is 10.8 Å². The van der Waals surface area contributed by atoms with Gasteiger partial charge in [-0.15, -0.1) is 11.8 Å². The summed E-state index contributed by atoms with van der Waals surface area (Å²) in [6.07, 6.45) is 0.0901. The number of amides is 1. The molecule has 1 aromatic heterocycles. The molecule has 8 nitrogen and oxygen atoms in total. The molecule has 3 rings (SSSR count). The average molecular weight is 486 g/mol. The summed E-state index contributed by atoms with van der Waals surface area (Å²) in [6.45, 7) is 4.16. The van der Waals surface area contributed by atoms with Crippen LogP contribution in [0.5, 0.6) is 0 Å². The first-order valence-corrected chi connectivity index (χ1v) is 11.7. The maximum absolute atomic E-state index is 12.4. The van der Waals surface area contributed by atoms with Crippen molar-refractivity contribution in [2.75, 3.05) is 16.8 Å². The molecule has 176 valence electrons. The number of pyridine rings is 1. The fourth-order valence-electron chi connectivity index (χ4n) is 3.42. The molecule has 0 aliphatic heterocycles. The van der Waals surface area contributed by atoms with Crippen LogP contribution in [0.1, 0.15) is 53.2 Å². The SMILES string of the molecule is CC(C)c1ccc(-c2c(C#N)c(N)nc(SCCC(=O)Nc3cccc(C(=O)O)c3)c2C#N)cc1. The average Bonchev–Trinajstić information content (AvgIpc) is 2.83. The third-order valence-corrected chi connectivity index (χ3v) is 6.22. The number of rotatable bonds is 8. The molecule has 1 heterocycles. The molecule has 0 aliphatic carbocycles. The maximum atomic E-state index is 12.4. The first kappa shape index (κ1) is 25.3. The van der Waals surface area contributed by atoms with Crippen molar-refractivity contribution in [3.05, 3.63) is 70.8 Å². The first-order valence-electron chi connectivity index (χ1n) is 10.7. The van der Waals surface area contributed by atoms with Gasteiger partial charge >= 0.3 is 5.97 Å². The third-order valence-electron chi connectivity index (χ3n) is 5.24. The summed E-state index contributed by atoms with van der Waals surface area (Å²) >= 11 is 1.19. The largest absolute Gasteiger partial charge is 0.478 e. The highest BCUT2D eigenvalue weighted by Gasteiger charge is 2.21. The van der Waals surface area contributed by atoms with Crippen LogP contribution in [0.4, 0.5) is 11.5 Å². The highest BCUT2D eigenvalue weighted by atomic mass is 32.2. The lowest BCUT2D eigenvalue weighted by Crippen LogP contribution is -2.13. The van der Waals surface area contributed by atoms with Gasteiger partial charge in [-0.1, -0.05) is 44.2 Å². The second kappa shape index (κ2) is 11.2. The van der Waals surface area contributed by atoms with Crippen molar-refractivity contribution < 1.29 is 14.7 Å². The fraction of sp³-hybridized carbons (Fsp3) is 0.192. The molecule has 9 heteroatoms. The number of hydrogen-bond acceptors (Lipinski definition) is 7. The second-order valence-corrected chi connectivity index (χ2v) is 9.04. The number of nitrogens with two attached hydrogens (primary N) is 1. The van der Waals surface area contributed by atoms with Crippen LogP contribution in [0.3, 0.4) is 0 Å². The second-order valence-electron chi connectivity index (χ2n) is 7.96. The van der Waals surface area contributed by atoms with Gasteiger partial charge in [0.25, 0.3) is 0 Å². The van der Waals surface area contributed by atoms with Crippen molar-refractivity contribution in [1.29, 1.82) is 10.5 Å². The van der Waals surface area contributed by atoms with Crippen LogP contribution in [0.25, 0.3) is 11.1 Å². The van der Waals surface area contributed by atoms with Crippen molar-refractivity contribution in [2.45, 2.75) is 31.2 Å². The zero-order chi connectivity index (χ0) is 25.5. The number of carbonyl (C=O) groups excluding carboxylic acids is 1. The van der Waals surface area contributed by atoms with Gasteiger partial charge in [-0.3, -0.25) is 4.79 Å². The van der Waals surface area contributed by atoms with E-state index in [-0.39, 0.29) is 34.8 Å². The number of carboxylic acid groups (broad SMARTS) is 1. The molecule has 0 unspecified atom stereocenters. The summed E-state index contributed by atoms with van der Waals surface area (Å²) in [5.41, 5.74) is 9.12. The molecule has 1 amide bonds. The zero-order valence-electron chi connectivity index (χ0n) is 19.2. The lowest BCUT2D eigenvalue weighted by atomic mass is 9.94. The minimum absolute atomic E-state index is 0.0203. The van der Waals surface area contributed by atoms with Crippen LogP contribution in [0.15, 0.2) is 53.6 Å². The van der Waals surface area contributed by atoms with E-state index >= 15 is 0 Å². The molecule has 0 spiro atoms. The van der Waals surface area contributed by atoms with Crippen molar-refractivity contribution in [2.24, 2.45) is 0 Å². The standard InChI is InChI=1S/C26H23N5O3S/c1-15(2)16-6-8-17(9-7-16)23-20(13-27)24(29)31-25(21(23)14-28)35-11-10-22(32)30-19-5-3-4-18(12-19)26(33)34/h3-9,12,15H,10-11H2,1-2H3,(H2,29,31)(H,30,32)(H,33,34). The predicted octanol–water partition coefficient (Wildman–Crippen LogP) is 5.02. The van der Waals surface area contributed by atoms with E-state index < -0.39 is 5.97 Å². The summed E-state index contributed by atoms with van der Waals surface area (Å²) in [7, 11) is 0. The van der Waals surface area contributed by atoms with Gasteiger partial charge in [0.05, 0.1) is 11.1 Å². The molecular formula is C26H23N5O3S. The number of nitrogens with zero attached hydrogens (tertiary/aromatic N) is 3. The van der Waals surface area contributed by atoms with Gasteiger partial charge in [-0.05, 0) is 35.2 Å². The maximum Gasteiger partial charge on any atom is 0.335 e. The van der Waals surface area contributed by atoms with Crippen LogP contribution in [-0.2, 0) is 4.79 Å². The number of carboxylic acids is 1. The number of aromatic nitrogens is 1. The van der Waals surface area contributed by atoms with Crippen LogP contribution in [0, 0.1) is 22.7 Å². The quantitative estimate of drug-likeness (QED) is 0.376. The van der Waals surface area contributed by atoms with Crippen molar-refractivity contribution in [3.8, 4) is 23.3 Å². The summed E-state index contributed by atoms with van der Waals surface area (Å²) in [6, 6.07) is 17.8. The Morgan fingerprint density at radius 2 is 1.80 bits per heavy atom. The number of benzene rings is 2. The van der Waals surface area contributed by atoms with E-state index in [9.17, 15) is 20.1 Å². The topological polar surface area (TPSA) is 153 Å². The number of carbonyl (C=O) groups is 2. The Labute approximate surface area is 207 Å². The van der Waals surface area contributed by atoms with Crippen molar-refractivity contribution in [3.63, 3.8) is 0 Å². The molecule has 0 aliphatic rings. The Morgan fingerprint density at radius 1 is 1.11 bits per heavy atom. The lowest BCUT2D eigenvalue weighted by molar-refractivity contribution is -0.115. The predicted molar refractivity (Wildman–Crippen MR) is 135 cm³/mol. The van der Waals surface area contributed by atoms with Crippen molar-refractivity contribution in [1.82, 2.24) is 4.98 Å². The Bertz CT molecular complexity index is 1360. The van der Waals surface area contributed by atoms with Gasteiger partial charge in [0.2, 0.25) is 5.91 Å². The van der Waals surface area contributed by atoms with E-state index in [0.717, 1.165) is 5.56 Å². The molecule has 0 atom stereocenters. The normalized spacial score (nSPS) is 10.4. The van der Waals surface area contributed by atoms with E-state index in [1.807, 2.05) is 24.3 Å². The number of nitriles is 2. The smallest absolute Gasteiger partial charge is 0.335 e. The van der Waals surface area contributed by atoms with E-state index in [1.165, 1.54) is 23.9 Å². The Kier molecular flexibility index (Phi) is 8.08. The van der Waals surface area contributed by atoms with Crippen LogP contribution in [-0.4, -0.2) is 27.7 Å². The summed E-state index contributed by atoms with van der Waals surface area (Å²) in [4.78, 5) is 27.7. The van der Waals surface area contributed by atoms with Crippen molar-refractivity contribution >= 4 is 35.1 Å². The number of thioether (sulfide) groups is 1. The van der Waals surface area contributed by atoms with E-state index in [1.54, 1.807) is 12.1 Å². The zero-order valence-corrected chi connectivity index (χ0v) is 20.0. The van der Waals surface area contributed by atoms with E-state index in [2.05, 4.69) is 36.3 Å². The molecular weight excluding hydrogens is 462 g/mol. The van der Waals surface area contributed by atoms with Crippen LogP contribution < -0.4 is 11.1 Å². The monoisotopic (exact) mass is 485 g/mol. The molecule has 0 saturated heterocycles. The fourth-order valence-corrected chi connectivity index (χ4v) is 4.36. The molecule has 0 fully saturated rings. The third kappa shape index (κ3) is 5.97. The summed E-state index contributed by atoms with van der Waals surface area (Å²) in [5.74, 6) is -0.749. The van der Waals surface area contributed by atoms with Gasteiger partial charge in [-0.2, -0.15) is 10.5 Å². The van der Waals surface area contributed by atoms with E-state index in [0.29, 0.717) is 33.5 Å². The Morgan fingerprint density at radius 3 is 2.40 bits per heavy atom. The van der Waals surface area contributed by atoms with Gasteiger partial charge in [0.15, 0.2) is 0 Å². The van der Waals surface area contributed by atoms with Crippen LogP contribution in [0.2, 0.25) is 0 Å². The summed E-state index contributed by atoms with van der Waals surface area (Å²) in [5, 5.41) is 31.7. The number of nitrogens with one attached hydrogen (secondary N) is 1. The molecule has 0 radical (unpaired) electrons. The van der Waals surface area contributed by atoms with Gasteiger partial charge in [0, 0.05) is 23.4 Å². The molecule has 3 aromatic rings. The number of aromatic carboxylic acids is 1. The molecule has 0 bridgehead atoms. The van der Waals surface area contributed by atoms with Gasteiger partial charge in [0.1, 0.15) is 28.5 Å². The minimum Gasteiger partial charge on any atom is -0.478 e. The molecule has 2 aromatic carbocycles. The summed E-state index contributed by atoms with van der Waals surface area (Å²) < 4.78 is 0. The Balaban J connectivity index is 1.81. The molecule has 0 saturated carbocycles. The lowest BCUT2D eigenvalue weighted by Gasteiger charge is -2.14. The molecule has 4 N–H and O–H groups in total. The van der Waals surface area contributed by atoms with Gasteiger partial charge < -0.3 is 16.2 Å². The number of anilines is 2.